The van der Waals surface area contributed by atoms with E-state index in [9.17, 15) is 8.42 Å². The third-order valence-electron chi connectivity index (χ3n) is 4.39. The molecule has 21 heavy (non-hydrogen) atoms. The lowest BCUT2D eigenvalue weighted by atomic mass is 10.00. The molecule has 2 fully saturated rings. The molecule has 0 bridgehead atoms. The minimum atomic E-state index is -3.19. The van der Waals surface area contributed by atoms with Crippen LogP contribution >= 0.6 is 0 Å². The van der Waals surface area contributed by atoms with Gasteiger partial charge >= 0.3 is 0 Å². The molecule has 5 nitrogen and oxygen atoms in total. The molecule has 0 aromatic rings. The van der Waals surface area contributed by atoms with E-state index in [0.29, 0.717) is 6.42 Å². The van der Waals surface area contributed by atoms with Crippen LogP contribution in [-0.4, -0.2) is 57.5 Å². The second kappa shape index (κ2) is 7.90. The molecule has 0 amide bonds. The van der Waals surface area contributed by atoms with Gasteiger partial charge in [0.25, 0.3) is 0 Å². The van der Waals surface area contributed by atoms with Gasteiger partial charge < -0.3 is 9.64 Å². The predicted octanol–water partition coefficient (Wildman–Crippen LogP) is 1.60. The van der Waals surface area contributed by atoms with E-state index < -0.39 is 10.0 Å². The third-order valence-corrected chi connectivity index (χ3v) is 5.92. The van der Waals surface area contributed by atoms with Gasteiger partial charge in [0.05, 0.1) is 11.9 Å². The Morgan fingerprint density at radius 3 is 2.81 bits per heavy atom. The number of rotatable bonds is 7. The van der Waals surface area contributed by atoms with Crippen molar-refractivity contribution in [2.75, 3.05) is 32.0 Å². The fraction of sp³-hybridized carbons (Fsp3) is 1.00. The topological polar surface area (TPSA) is 58.6 Å². The predicted molar refractivity (Wildman–Crippen MR) is 84.8 cm³/mol. The SMILES string of the molecule is C[C@@H]1CCCN(C[C@H](C)NS(=O)(=O)CC[C@H]2CCCO2)C1. The number of nitrogens with zero attached hydrogens (tertiary/aromatic N) is 1. The Hall–Kier alpha value is -0.170. The number of nitrogens with one attached hydrogen (secondary N) is 1. The normalized spacial score (nSPS) is 29.6. The van der Waals surface area contributed by atoms with Crippen LogP contribution in [0.1, 0.15) is 46.0 Å². The average molecular weight is 318 g/mol. The molecular weight excluding hydrogens is 288 g/mol. The molecule has 0 saturated carbocycles. The van der Waals surface area contributed by atoms with Gasteiger partial charge in [0.1, 0.15) is 0 Å². The largest absolute Gasteiger partial charge is 0.378 e. The first-order valence-electron chi connectivity index (χ1n) is 8.28. The minimum Gasteiger partial charge on any atom is -0.378 e. The third kappa shape index (κ3) is 6.22. The summed E-state index contributed by atoms with van der Waals surface area (Å²) in [5.74, 6) is 0.903. The Kier molecular flexibility index (Phi) is 6.47. The summed E-state index contributed by atoms with van der Waals surface area (Å²) in [4.78, 5) is 2.38. The number of likely N-dealkylation sites (tertiary alicyclic amines) is 1. The maximum absolute atomic E-state index is 12.1. The molecule has 2 saturated heterocycles. The van der Waals surface area contributed by atoms with Crippen molar-refractivity contribution in [3.8, 4) is 0 Å². The highest BCUT2D eigenvalue weighted by atomic mass is 32.2. The maximum Gasteiger partial charge on any atom is 0.211 e. The van der Waals surface area contributed by atoms with Gasteiger partial charge in [-0.2, -0.15) is 0 Å². The molecule has 0 radical (unpaired) electrons. The highest BCUT2D eigenvalue weighted by molar-refractivity contribution is 7.89. The van der Waals surface area contributed by atoms with Crippen molar-refractivity contribution in [2.45, 2.75) is 58.1 Å². The first-order chi connectivity index (χ1) is 9.94. The second-order valence-electron chi connectivity index (χ2n) is 6.77. The molecule has 1 N–H and O–H groups in total. The number of sulfonamides is 1. The maximum atomic E-state index is 12.1. The van der Waals surface area contributed by atoms with Crippen LogP contribution in [0.5, 0.6) is 0 Å². The summed E-state index contributed by atoms with van der Waals surface area (Å²) >= 11 is 0. The van der Waals surface area contributed by atoms with E-state index in [1.807, 2.05) is 6.92 Å². The van der Waals surface area contributed by atoms with E-state index in [0.717, 1.165) is 45.0 Å². The molecule has 124 valence electrons. The Labute approximate surface area is 129 Å². The van der Waals surface area contributed by atoms with Gasteiger partial charge in [-0.05, 0) is 51.5 Å². The molecule has 0 aliphatic carbocycles. The minimum absolute atomic E-state index is 0.0233. The Morgan fingerprint density at radius 2 is 2.14 bits per heavy atom. The smallest absolute Gasteiger partial charge is 0.211 e. The van der Waals surface area contributed by atoms with E-state index >= 15 is 0 Å². The monoisotopic (exact) mass is 318 g/mol. The van der Waals surface area contributed by atoms with E-state index in [2.05, 4.69) is 16.5 Å². The zero-order chi connectivity index (χ0) is 15.3. The summed E-state index contributed by atoms with van der Waals surface area (Å²) in [6, 6.07) is -0.0233. The van der Waals surface area contributed by atoms with Crippen LogP contribution in [0.15, 0.2) is 0 Å². The molecule has 2 aliphatic rings. The van der Waals surface area contributed by atoms with Gasteiger partial charge in [-0.1, -0.05) is 6.92 Å². The molecule has 0 aromatic carbocycles. The lowest BCUT2D eigenvalue weighted by Gasteiger charge is -2.32. The van der Waals surface area contributed by atoms with Crippen molar-refractivity contribution in [2.24, 2.45) is 5.92 Å². The zero-order valence-electron chi connectivity index (χ0n) is 13.4. The van der Waals surface area contributed by atoms with Crippen LogP contribution in [0.4, 0.5) is 0 Å². The van der Waals surface area contributed by atoms with Crippen molar-refractivity contribution < 1.29 is 13.2 Å². The fourth-order valence-corrected chi connectivity index (χ4v) is 4.78. The van der Waals surface area contributed by atoms with E-state index in [4.69, 9.17) is 4.74 Å². The first-order valence-corrected chi connectivity index (χ1v) is 9.94. The number of hydrogen-bond donors (Lipinski definition) is 1. The summed E-state index contributed by atoms with van der Waals surface area (Å²) in [5.41, 5.74) is 0. The van der Waals surface area contributed by atoms with Crippen LogP contribution in [0.25, 0.3) is 0 Å². The molecular formula is C15H30N2O3S. The van der Waals surface area contributed by atoms with Crippen LogP contribution < -0.4 is 4.72 Å². The lowest BCUT2D eigenvalue weighted by molar-refractivity contribution is 0.108. The molecule has 2 rings (SSSR count). The van der Waals surface area contributed by atoms with Crippen molar-refractivity contribution in [1.82, 2.24) is 9.62 Å². The fourth-order valence-electron chi connectivity index (χ4n) is 3.40. The van der Waals surface area contributed by atoms with Crippen molar-refractivity contribution >= 4 is 10.0 Å². The molecule has 2 heterocycles. The summed E-state index contributed by atoms with van der Waals surface area (Å²) in [7, 11) is -3.19. The van der Waals surface area contributed by atoms with Crippen LogP contribution in [-0.2, 0) is 14.8 Å². The number of piperidine rings is 1. The molecule has 2 aliphatic heterocycles. The molecule has 0 aromatic heterocycles. The van der Waals surface area contributed by atoms with Gasteiger partial charge in [0.2, 0.25) is 10.0 Å². The van der Waals surface area contributed by atoms with Gasteiger partial charge in [-0.25, -0.2) is 13.1 Å². The van der Waals surface area contributed by atoms with Crippen molar-refractivity contribution in [3.05, 3.63) is 0 Å². The van der Waals surface area contributed by atoms with Crippen LogP contribution in [0.2, 0.25) is 0 Å². The Balaban J connectivity index is 1.70. The van der Waals surface area contributed by atoms with Crippen molar-refractivity contribution in [1.29, 1.82) is 0 Å². The molecule has 6 heteroatoms. The van der Waals surface area contributed by atoms with E-state index in [1.54, 1.807) is 0 Å². The number of ether oxygens (including phenoxy) is 1. The summed E-state index contributed by atoms with van der Waals surface area (Å²) < 4.78 is 32.5. The van der Waals surface area contributed by atoms with E-state index in [1.165, 1.54) is 12.8 Å². The highest BCUT2D eigenvalue weighted by Crippen LogP contribution is 2.17. The summed E-state index contributed by atoms with van der Waals surface area (Å²) in [5, 5.41) is 0. The molecule has 0 spiro atoms. The average Bonchev–Trinajstić information content (AvgIpc) is 2.88. The van der Waals surface area contributed by atoms with Crippen molar-refractivity contribution in [3.63, 3.8) is 0 Å². The van der Waals surface area contributed by atoms with Gasteiger partial charge in [-0.3, -0.25) is 0 Å². The van der Waals surface area contributed by atoms with Gasteiger partial charge in [-0.15, -0.1) is 0 Å². The summed E-state index contributed by atoms with van der Waals surface area (Å²) in [6.45, 7) is 7.99. The highest BCUT2D eigenvalue weighted by Gasteiger charge is 2.23. The first kappa shape index (κ1) is 17.2. The zero-order valence-corrected chi connectivity index (χ0v) is 14.2. The van der Waals surface area contributed by atoms with Gasteiger partial charge in [0, 0.05) is 25.7 Å². The van der Waals surface area contributed by atoms with Crippen LogP contribution in [0, 0.1) is 5.92 Å². The molecule has 3 atom stereocenters. The Bertz CT molecular complexity index is 407. The second-order valence-corrected chi connectivity index (χ2v) is 8.64. The van der Waals surface area contributed by atoms with E-state index in [-0.39, 0.29) is 17.9 Å². The summed E-state index contributed by atoms with van der Waals surface area (Å²) in [6.07, 6.45) is 5.32. The molecule has 0 unspecified atom stereocenters. The number of hydrogen-bond acceptors (Lipinski definition) is 4. The standard InChI is InChI=1S/C15H30N2O3S/c1-13-5-3-8-17(11-13)12-14(2)16-21(18,19)10-7-15-6-4-9-20-15/h13-16H,3-12H2,1-2H3/t13-,14+,15-/m1/s1. The quantitative estimate of drug-likeness (QED) is 0.774. The lowest BCUT2D eigenvalue weighted by Crippen LogP contribution is -2.45. The van der Waals surface area contributed by atoms with Gasteiger partial charge in [0.15, 0.2) is 0 Å². The Morgan fingerprint density at radius 1 is 1.33 bits per heavy atom. The van der Waals surface area contributed by atoms with Crippen LogP contribution in [0.3, 0.4) is 0 Å².